The number of nitrogens with zero attached hydrogens (tertiary/aromatic N) is 2. The van der Waals surface area contributed by atoms with Gasteiger partial charge in [0, 0.05) is 19.3 Å². The van der Waals surface area contributed by atoms with Gasteiger partial charge in [0.05, 0.1) is 17.1 Å². The third-order valence-corrected chi connectivity index (χ3v) is 4.86. The summed E-state index contributed by atoms with van der Waals surface area (Å²) in [6, 6.07) is 5.22. The average molecular weight is 383 g/mol. The lowest BCUT2D eigenvalue weighted by molar-refractivity contribution is -0.141. The van der Waals surface area contributed by atoms with E-state index in [4.69, 9.17) is 4.74 Å². The maximum absolute atomic E-state index is 12.8. The zero-order valence-corrected chi connectivity index (χ0v) is 15.4. The van der Waals surface area contributed by atoms with Crippen molar-refractivity contribution >= 4 is 27.7 Å². The molecule has 1 aromatic carbocycles. The molecule has 9 nitrogen and oxygen atoms in total. The largest absolute Gasteiger partial charge is 0.465 e. The van der Waals surface area contributed by atoms with Crippen LogP contribution in [0.25, 0.3) is 0 Å². The number of ether oxygens (including phenoxy) is 1. The number of hydrogen-bond donors (Lipinski definition) is 1. The van der Waals surface area contributed by atoms with E-state index in [0.29, 0.717) is 6.42 Å². The van der Waals surface area contributed by atoms with Gasteiger partial charge in [-0.3, -0.25) is 9.59 Å². The van der Waals surface area contributed by atoms with Crippen LogP contribution in [0.4, 0.5) is 4.79 Å². The van der Waals surface area contributed by atoms with E-state index in [1.54, 1.807) is 13.0 Å². The Morgan fingerprint density at radius 1 is 1.15 bits per heavy atom. The molecular weight excluding hydrogens is 362 g/mol. The quantitative estimate of drug-likeness (QED) is 0.738. The van der Waals surface area contributed by atoms with Crippen molar-refractivity contribution < 1.29 is 27.5 Å². The molecule has 10 heteroatoms. The van der Waals surface area contributed by atoms with Crippen LogP contribution >= 0.6 is 0 Å². The first-order valence-corrected chi connectivity index (χ1v) is 9.96. The monoisotopic (exact) mass is 383 g/mol. The lowest BCUT2D eigenvalue weighted by atomic mass is 10.2. The molecule has 1 aliphatic heterocycles. The summed E-state index contributed by atoms with van der Waals surface area (Å²) in [5.74, 6) is -1.17. The van der Waals surface area contributed by atoms with Gasteiger partial charge in [0.1, 0.15) is 6.54 Å². The summed E-state index contributed by atoms with van der Waals surface area (Å²) < 4.78 is 28.6. The van der Waals surface area contributed by atoms with Gasteiger partial charge in [-0.05, 0) is 25.5 Å². The Morgan fingerprint density at radius 3 is 2.46 bits per heavy atom. The van der Waals surface area contributed by atoms with E-state index in [1.165, 1.54) is 28.2 Å². The number of benzene rings is 1. The van der Waals surface area contributed by atoms with Crippen LogP contribution in [0.3, 0.4) is 0 Å². The summed E-state index contributed by atoms with van der Waals surface area (Å²) in [7, 11) is -3.60. The average Bonchev–Trinajstić information content (AvgIpc) is 3.08. The van der Waals surface area contributed by atoms with Crippen LogP contribution in [0, 0.1) is 0 Å². The smallest absolute Gasteiger partial charge is 0.336 e. The third-order valence-electron chi connectivity index (χ3n) is 3.71. The van der Waals surface area contributed by atoms with Crippen molar-refractivity contribution in [2.45, 2.75) is 18.2 Å². The zero-order valence-electron chi connectivity index (χ0n) is 14.6. The number of hydrogen-bond acceptors (Lipinski definition) is 6. The fourth-order valence-electron chi connectivity index (χ4n) is 2.59. The SMILES string of the molecule is CCOC(=O)CNC(=O)N1CCCN1C(=O)c1ccccc1S(C)(=O)=O. The van der Waals surface area contributed by atoms with Gasteiger partial charge in [-0.25, -0.2) is 23.2 Å². The molecule has 2 rings (SSSR count). The van der Waals surface area contributed by atoms with Crippen molar-refractivity contribution in [3.05, 3.63) is 29.8 Å². The lowest BCUT2D eigenvalue weighted by Crippen LogP contribution is -2.50. The molecular formula is C16H21N3O6S. The molecule has 1 heterocycles. The van der Waals surface area contributed by atoms with Crippen LogP contribution in [0.5, 0.6) is 0 Å². The van der Waals surface area contributed by atoms with Gasteiger partial charge in [0.25, 0.3) is 5.91 Å². The minimum absolute atomic E-state index is 0.0000858. The van der Waals surface area contributed by atoms with Crippen molar-refractivity contribution in [1.29, 1.82) is 0 Å². The third kappa shape index (κ3) is 4.51. The molecule has 0 aliphatic carbocycles. The van der Waals surface area contributed by atoms with E-state index < -0.39 is 27.7 Å². The van der Waals surface area contributed by atoms with Crippen molar-refractivity contribution in [2.75, 3.05) is 32.5 Å². The Hall–Kier alpha value is -2.62. The molecule has 0 saturated carbocycles. The molecule has 0 spiro atoms. The minimum atomic E-state index is -3.60. The number of esters is 1. The Bertz CT molecular complexity index is 808. The molecule has 142 valence electrons. The first-order valence-electron chi connectivity index (χ1n) is 8.07. The lowest BCUT2D eigenvalue weighted by Gasteiger charge is -2.28. The maximum Gasteiger partial charge on any atom is 0.336 e. The van der Waals surface area contributed by atoms with Crippen LogP contribution in [0.15, 0.2) is 29.2 Å². The summed E-state index contributed by atoms with van der Waals surface area (Å²) in [4.78, 5) is 36.4. The van der Waals surface area contributed by atoms with E-state index >= 15 is 0 Å². The highest BCUT2D eigenvalue weighted by molar-refractivity contribution is 7.90. The van der Waals surface area contributed by atoms with Gasteiger partial charge >= 0.3 is 12.0 Å². The Kier molecular flexibility index (Phi) is 6.19. The predicted molar refractivity (Wildman–Crippen MR) is 91.9 cm³/mol. The summed E-state index contributed by atoms with van der Waals surface area (Å²) in [5.41, 5.74) is 0.0000858. The number of hydrazine groups is 1. The van der Waals surface area contributed by atoms with Crippen molar-refractivity contribution in [3.8, 4) is 0 Å². The molecule has 1 aromatic rings. The first-order chi connectivity index (χ1) is 12.3. The van der Waals surface area contributed by atoms with Gasteiger partial charge in [-0.2, -0.15) is 0 Å². The number of rotatable bonds is 5. The molecule has 0 bridgehead atoms. The van der Waals surface area contributed by atoms with E-state index in [0.717, 1.165) is 6.26 Å². The number of carbonyl (C=O) groups is 3. The van der Waals surface area contributed by atoms with Gasteiger partial charge in [-0.1, -0.05) is 12.1 Å². The van der Waals surface area contributed by atoms with Crippen molar-refractivity contribution in [1.82, 2.24) is 15.3 Å². The van der Waals surface area contributed by atoms with E-state index in [2.05, 4.69) is 5.32 Å². The molecule has 26 heavy (non-hydrogen) atoms. The number of amides is 3. The van der Waals surface area contributed by atoms with Crippen LogP contribution in [0.2, 0.25) is 0 Å². The molecule has 1 aliphatic rings. The Labute approximate surface area is 151 Å². The highest BCUT2D eigenvalue weighted by Gasteiger charge is 2.33. The van der Waals surface area contributed by atoms with Crippen molar-refractivity contribution in [2.24, 2.45) is 0 Å². The van der Waals surface area contributed by atoms with Gasteiger partial charge in [0.15, 0.2) is 9.84 Å². The molecule has 3 amide bonds. The number of urea groups is 1. The molecule has 0 unspecified atom stereocenters. The maximum atomic E-state index is 12.8. The molecule has 0 atom stereocenters. The van der Waals surface area contributed by atoms with Crippen LogP contribution in [0.1, 0.15) is 23.7 Å². The number of sulfone groups is 1. The number of carbonyl (C=O) groups excluding carboxylic acids is 3. The van der Waals surface area contributed by atoms with Gasteiger partial charge in [0.2, 0.25) is 0 Å². The van der Waals surface area contributed by atoms with Gasteiger partial charge < -0.3 is 10.1 Å². The number of nitrogens with one attached hydrogen (secondary N) is 1. The second kappa shape index (κ2) is 8.17. The predicted octanol–water partition coefficient (Wildman–Crippen LogP) is 0.426. The minimum Gasteiger partial charge on any atom is -0.465 e. The van der Waals surface area contributed by atoms with E-state index in [1.807, 2.05) is 0 Å². The van der Waals surface area contributed by atoms with Gasteiger partial charge in [-0.15, -0.1) is 0 Å². The highest BCUT2D eigenvalue weighted by atomic mass is 32.2. The highest BCUT2D eigenvalue weighted by Crippen LogP contribution is 2.21. The molecule has 1 fully saturated rings. The fraction of sp³-hybridized carbons (Fsp3) is 0.438. The Balaban J connectivity index is 2.16. The molecule has 0 aromatic heterocycles. The van der Waals surface area contributed by atoms with E-state index in [9.17, 15) is 22.8 Å². The fourth-order valence-corrected chi connectivity index (χ4v) is 3.47. The topological polar surface area (TPSA) is 113 Å². The summed E-state index contributed by atoms with van der Waals surface area (Å²) in [6.07, 6.45) is 1.56. The summed E-state index contributed by atoms with van der Waals surface area (Å²) >= 11 is 0. The summed E-state index contributed by atoms with van der Waals surface area (Å²) in [5, 5.41) is 4.74. The molecule has 0 radical (unpaired) electrons. The van der Waals surface area contributed by atoms with Crippen molar-refractivity contribution in [3.63, 3.8) is 0 Å². The zero-order chi connectivity index (χ0) is 19.3. The van der Waals surface area contributed by atoms with Crippen LogP contribution in [-0.2, 0) is 19.4 Å². The Morgan fingerprint density at radius 2 is 1.81 bits per heavy atom. The normalized spacial score (nSPS) is 14.2. The molecule has 1 saturated heterocycles. The van der Waals surface area contributed by atoms with Crippen LogP contribution < -0.4 is 5.32 Å². The molecule has 1 N–H and O–H groups in total. The van der Waals surface area contributed by atoms with Crippen LogP contribution in [-0.4, -0.2) is 68.8 Å². The standard InChI is InChI=1S/C16H21N3O6S/c1-3-25-14(20)11-17-16(22)19-10-6-9-18(19)15(21)12-7-4-5-8-13(12)26(2,23)24/h4-5,7-8H,3,6,9-11H2,1-2H3,(H,17,22). The second-order valence-corrected chi connectivity index (χ2v) is 7.62. The second-order valence-electron chi connectivity index (χ2n) is 5.64. The first kappa shape index (κ1) is 19.7. The summed E-state index contributed by atoms with van der Waals surface area (Å²) in [6.45, 7) is 2.08. The van der Waals surface area contributed by atoms with E-state index in [-0.39, 0.29) is 36.7 Å².